The highest BCUT2D eigenvalue weighted by Gasteiger charge is 2.45. The Morgan fingerprint density at radius 3 is 2.45 bits per heavy atom. The SMILES string of the molecule is O=C(O)CC(n1nc(C(F)F)cc1C1CC1)C(F)(F)F. The summed E-state index contributed by atoms with van der Waals surface area (Å²) in [6.45, 7) is 0. The third-order valence-electron chi connectivity index (χ3n) is 3.04. The Bertz CT molecular complexity index is 507. The fourth-order valence-electron chi connectivity index (χ4n) is 1.98. The number of carboxylic acid groups (broad SMARTS) is 1. The molecule has 0 aliphatic heterocycles. The molecule has 1 fully saturated rings. The van der Waals surface area contributed by atoms with Crippen LogP contribution in [0.4, 0.5) is 22.0 Å². The van der Waals surface area contributed by atoms with Crippen molar-refractivity contribution in [2.75, 3.05) is 0 Å². The molecule has 0 saturated heterocycles. The van der Waals surface area contributed by atoms with E-state index in [1.165, 1.54) is 0 Å². The second kappa shape index (κ2) is 5.02. The van der Waals surface area contributed by atoms with E-state index in [1.54, 1.807) is 0 Å². The van der Waals surface area contributed by atoms with Gasteiger partial charge in [-0.15, -0.1) is 0 Å². The molecule has 9 heteroatoms. The van der Waals surface area contributed by atoms with E-state index in [2.05, 4.69) is 5.10 Å². The van der Waals surface area contributed by atoms with E-state index >= 15 is 0 Å². The Morgan fingerprint density at radius 1 is 1.45 bits per heavy atom. The Hall–Kier alpha value is -1.67. The van der Waals surface area contributed by atoms with E-state index in [0.717, 1.165) is 6.07 Å². The van der Waals surface area contributed by atoms with Gasteiger partial charge >= 0.3 is 12.1 Å². The highest BCUT2D eigenvalue weighted by Crippen LogP contribution is 2.44. The van der Waals surface area contributed by atoms with Gasteiger partial charge < -0.3 is 5.11 Å². The first-order valence-electron chi connectivity index (χ1n) is 5.86. The van der Waals surface area contributed by atoms with Gasteiger partial charge in [-0.3, -0.25) is 9.48 Å². The minimum atomic E-state index is -4.87. The summed E-state index contributed by atoms with van der Waals surface area (Å²) in [6.07, 6.45) is -7.92. The van der Waals surface area contributed by atoms with Gasteiger partial charge in [0.2, 0.25) is 0 Å². The lowest BCUT2D eigenvalue weighted by Gasteiger charge is -2.21. The Morgan fingerprint density at radius 2 is 2.05 bits per heavy atom. The molecular weight excluding hydrogens is 287 g/mol. The number of alkyl halides is 5. The van der Waals surface area contributed by atoms with Gasteiger partial charge in [0.05, 0.1) is 6.42 Å². The van der Waals surface area contributed by atoms with Crippen LogP contribution in [-0.4, -0.2) is 27.0 Å². The number of carbonyl (C=O) groups is 1. The average Bonchev–Trinajstić information content (AvgIpc) is 3.04. The smallest absolute Gasteiger partial charge is 0.411 e. The predicted molar refractivity (Wildman–Crippen MR) is 56.5 cm³/mol. The molecule has 1 aliphatic rings. The van der Waals surface area contributed by atoms with Crippen molar-refractivity contribution in [1.29, 1.82) is 0 Å². The highest BCUT2D eigenvalue weighted by molar-refractivity contribution is 5.67. The summed E-state index contributed by atoms with van der Waals surface area (Å²) in [6, 6.07) is -1.49. The van der Waals surface area contributed by atoms with E-state index in [0.29, 0.717) is 17.5 Å². The van der Waals surface area contributed by atoms with Crippen molar-refractivity contribution >= 4 is 5.97 Å². The van der Waals surface area contributed by atoms with Crippen LogP contribution in [0.1, 0.15) is 49.0 Å². The summed E-state index contributed by atoms with van der Waals surface area (Å²) in [5, 5.41) is 11.9. The number of rotatable bonds is 5. The molecule has 20 heavy (non-hydrogen) atoms. The number of hydrogen-bond donors (Lipinski definition) is 1. The average molecular weight is 298 g/mol. The van der Waals surface area contributed by atoms with Gasteiger partial charge in [0, 0.05) is 11.6 Å². The van der Waals surface area contributed by atoms with Gasteiger partial charge in [0.1, 0.15) is 5.69 Å². The summed E-state index contributed by atoms with van der Waals surface area (Å²) in [5.74, 6) is -1.92. The van der Waals surface area contributed by atoms with Crippen LogP contribution in [0.3, 0.4) is 0 Å². The van der Waals surface area contributed by atoms with Crippen LogP contribution >= 0.6 is 0 Å². The van der Waals surface area contributed by atoms with Crippen molar-refractivity contribution < 1.29 is 31.9 Å². The van der Waals surface area contributed by atoms with Gasteiger partial charge in [-0.05, 0) is 18.9 Å². The van der Waals surface area contributed by atoms with Crippen molar-refractivity contribution in [3.8, 4) is 0 Å². The van der Waals surface area contributed by atoms with Crippen molar-refractivity contribution in [1.82, 2.24) is 9.78 Å². The zero-order valence-electron chi connectivity index (χ0n) is 10.1. The molecule has 1 N–H and O–H groups in total. The van der Waals surface area contributed by atoms with Crippen LogP contribution in [0.2, 0.25) is 0 Å². The van der Waals surface area contributed by atoms with Crippen LogP contribution in [0.25, 0.3) is 0 Å². The number of nitrogens with zero attached hydrogens (tertiary/aromatic N) is 2. The van der Waals surface area contributed by atoms with E-state index in [-0.39, 0.29) is 11.6 Å². The van der Waals surface area contributed by atoms with Gasteiger partial charge in [-0.2, -0.15) is 18.3 Å². The quantitative estimate of drug-likeness (QED) is 0.849. The van der Waals surface area contributed by atoms with Crippen molar-refractivity contribution in [2.45, 2.75) is 43.8 Å². The van der Waals surface area contributed by atoms with Gasteiger partial charge in [-0.1, -0.05) is 0 Å². The first kappa shape index (κ1) is 14.7. The lowest BCUT2D eigenvalue weighted by molar-refractivity contribution is -0.179. The van der Waals surface area contributed by atoms with E-state index in [1.807, 2.05) is 0 Å². The van der Waals surface area contributed by atoms with E-state index < -0.39 is 36.7 Å². The molecule has 0 spiro atoms. The molecule has 0 amide bonds. The van der Waals surface area contributed by atoms with Crippen LogP contribution < -0.4 is 0 Å². The standard InChI is InChI=1S/C11H11F5N2O2/c12-10(13)6-3-7(5-1-2-5)18(17-6)8(4-9(19)20)11(14,15)16/h3,5,8,10H,1-2,4H2,(H,19,20). The molecule has 1 heterocycles. The van der Waals surface area contributed by atoms with Crippen LogP contribution in [0, 0.1) is 0 Å². The minimum absolute atomic E-state index is 0.0314. The summed E-state index contributed by atoms with van der Waals surface area (Å²) < 4.78 is 64.4. The monoisotopic (exact) mass is 298 g/mol. The largest absolute Gasteiger partial charge is 0.481 e. The van der Waals surface area contributed by atoms with Crippen LogP contribution in [0.15, 0.2) is 6.07 Å². The zero-order valence-corrected chi connectivity index (χ0v) is 10.1. The van der Waals surface area contributed by atoms with Crippen molar-refractivity contribution in [3.05, 3.63) is 17.5 Å². The second-order valence-electron chi connectivity index (χ2n) is 4.67. The van der Waals surface area contributed by atoms with Gasteiger partial charge in [0.25, 0.3) is 6.43 Å². The maximum Gasteiger partial charge on any atom is 0.411 e. The molecule has 1 aromatic rings. The predicted octanol–water partition coefficient (Wildman–Crippen LogP) is 3.28. The fraction of sp³-hybridized carbons (Fsp3) is 0.636. The molecule has 4 nitrogen and oxygen atoms in total. The molecule has 112 valence electrons. The second-order valence-corrected chi connectivity index (χ2v) is 4.67. The molecule has 0 aromatic carbocycles. The van der Waals surface area contributed by atoms with Gasteiger partial charge in [-0.25, -0.2) is 8.78 Å². The number of aromatic nitrogens is 2. The number of carboxylic acids is 1. The normalized spacial score (nSPS) is 17.5. The summed E-state index contributed by atoms with van der Waals surface area (Å²) in [5.41, 5.74) is -0.726. The van der Waals surface area contributed by atoms with Crippen molar-refractivity contribution in [2.24, 2.45) is 0 Å². The molecular formula is C11H11F5N2O2. The highest BCUT2D eigenvalue weighted by atomic mass is 19.4. The molecule has 2 rings (SSSR count). The maximum absolute atomic E-state index is 12.9. The molecule has 1 saturated carbocycles. The molecule has 1 unspecified atom stereocenters. The molecule has 0 bridgehead atoms. The maximum atomic E-state index is 12.9. The Labute approximate surface area is 110 Å². The van der Waals surface area contributed by atoms with E-state index in [4.69, 9.17) is 5.11 Å². The first-order chi connectivity index (χ1) is 9.20. The third-order valence-corrected chi connectivity index (χ3v) is 3.04. The number of aliphatic carboxylic acids is 1. The number of halogens is 5. The molecule has 1 aromatic heterocycles. The Kier molecular flexibility index (Phi) is 3.70. The molecule has 1 aliphatic carbocycles. The van der Waals surface area contributed by atoms with Crippen LogP contribution in [-0.2, 0) is 4.79 Å². The zero-order chi connectivity index (χ0) is 15.1. The lowest BCUT2D eigenvalue weighted by atomic mass is 10.1. The third kappa shape index (κ3) is 3.07. The minimum Gasteiger partial charge on any atom is -0.481 e. The lowest BCUT2D eigenvalue weighted by Crippen LogP contribution is -2.30. The number of hydrogen-bond acceptors (Lipinski definition) is 2. The Balaban J connectivity index is 2.43. The van der Waals surface area contributed by atoms with Crippen LogP contribution in [0.5, 0.6) is 0 Å². The van der Waals surface area contributed by atoms with E-state index in [9.17, 15) is 26.7 Å². The topological polar surface area (TPSA) is 55.1 Å². The van der Waals surface area contributed by atoms with Gasteiger partial charge in [0.15, 0.2) is 6.04 Å². The molecule has 0 radical (unpaired) electrons. The first-order valence-corrected chi connectivity index (χ1v) is 5.86. The van der Waals surface area contributed by atoms with Crippen molar-refractivity contribution in [3.63, 3.8) is 0 Å². The summed E-state index contributed by atoms with van der Waals surface area (Å²) in [7, 11) is 0. The summed E-state index contributed by atoms with van der Waals surface area (Å²) in [4.78, 5) is 10.6. The molecule has 1 atom stereocenters. The fourth-order valence-corrected chi connectivity index (χ4v) is 1.98. The summed E-state index contributed by atoms with van der Waals surface area (Å²) >= 11 is 0.